The van der Waals surface area contributed by atoms with Crippen LogP contribution in [-0.4, -0.2) is 36.5 Å². The SMILES string of the molecule is COc1cccc(CC2(C)CC3(N=C(N)N(C)C3=O)c3cc(-c4cccc(C#N)c4)ccc3O2)c1. The van der Waals surface area contributed by atoms with Gasteiger partial charge in [-0.2, -0.15) is 5.26 Å². The molecule has 7 heteroatoms. The van der Waals surface area contributed by atoms with Gasteiger partial charge in [-0.15, -0.1) is 0 Å². The minimum Gasteiger partial charge on any atom is -0.497 e. The lowest BCUT2D eigenvalue weighted by Crippen LogP contribution is -2.51. The van der Waals surface area contributed by atoms with E-state index in [9.17, 15) is 10.1 Å². The minimum atomic E-state index is -1.19. The second-order valence-corrected chi connectivity index (χ2v) is 9.36. The van der Waals surface area contributed by atoms with Crippen LogP contribution in [0, 0.1) is 11.3 Å². The second-order valence-electron chi connectivity index (χ2n) is 9.36. The third kappa shape index (κ3) is 3.77. The van der Waals surface area contributed by atoms with Crippen LogP contribution in [0.1, 0.15) is 30.0 Å². The van der Waals surface area contributed by atoms with Crippen molar-refractivity contribution in [2.24, 2.45) is 10.7 Å². The fourth-order valence-corrected chi connectivity index (χ4v) is 5.13. The maximum absolute atomic E-state index is 13.7. The summed E-state index contributed by atoms with van der Waals surface area (Å²) in [6, 6.07) is 23.1. The summed E-state index contributed by atoms with van der Waals surface area (Å²) in [6.07, 6.45) is 0.888. The Bertz CT molecular complexity index is 1410. The first-order valence-corrected chi connectivity index (χ1v) is 11.4. The lowest BCUT2D eigenvalue weighted by molar-refractivity contribution is -0.133. The van der Waals surface area contributed by atoms with Crippen LogP contribution < -0.4 is 15.2 Å². The van der Waals surface area contributed by atoms with Crippen molar-refractivity contribution >= 4 is 11.9 Å². The molecule has 0 saturated heterocycles. The molecule has 0 aromatic heterocycles. The quantitative estimate of drug-likeness (QED) is 0.626. The molecule has 176 valence electrons. The molecular formula is C28H26N4O3. The summed E-state index contributed by atoms with van der Waals surface area (Å²) in [5.41, 5.74) is 8.28. The molecule has 7 nitrogen and oxygen atoms in total. The number of likely N-dealkylation sites (N-methyl/N-ethyl adjacent to an activating group) is 1. The number of hydrogen-bond acceptors (Lipinski definition) is 6. The summed E-state index contributed by atoms with van der Waals surface area (Å²) in [5, 5.41) is 9.31. The first-order valence-electron chi connectivity index (χ1n) is 11.4. The van der Waals surface area contributed by atoms with Gasteiger partial charge in [0.1, 0.15) is 17.1 Å². The summed E-state index contributed by atoms with van der Waals surface area (Å²) >= 11 is 0. The van der Waals surface area contributed by atoms with Crippen molar-refractivity contribution in [2.45, 2.75) is 30.9 Å². The molecule has 2 aliphatic heterocycles. The molecule has 2 unspecified atom stereocenters. The Kier molecular flexibility index (Phi) is 5.25. The Morgan fingerprint density at radius 3 is 2.63 bits per heavy atom. The van der Waals surface area contributed by atoms with Crippen molar-refractivity contribution < 1.29 is 14.3 Å². The normalized spacial score (nSPS) is 22.9. The van der Waals surface area contributed by atoms with Gasteiger partial charge in [0.25, 0.3) is 5.91 Å². The highest BCUT2D eigenvalue weighted by Gasteiger charge is 2.56. The number of amides is 1. The van der Waals surface area contributed by atoms with Crippen LogP contribution in [0.4, 0.5) is 0 Å². The highest BCUT2D eigenvalue weighted by atomic mass is 16.5. The average Bonchev–Trinajstić information content (AvgIpc) is 3.07. The van der Waals surface area contributed by atoms with Crippen LogP contribution in [0.2, 0.25) is 0 Å². The van der Waals surface area contributed by atoms with Crippen molar-refractivity contribution in [3.05, 3.63) is 83.4 Å². The highest BCUT2D eigenvalue weighted by Crippen LogP contribution is 2.50. The van der Waals surface area contributed by atoms with E-state index in [2.05, 4.69) is 6.07 Å². The molecule has 0 fully saturated rings. The van der Waals surface area contributed by atoms with E-state index in [-0.39, 0.29) is 11.9 Å². The summed E-state index contributed by atoms with van der Waals surface area (Å²) in [4.78, 5) is 19.8. The number of carbonyl (C=O) groups is 1. The lowest BCUT2D eigenvalue weighted by Gasteiger charge is -2.43. The molecule has 0 bridgehead atoms. The standard InChI is InChI=1S/C28H26N4O3/c1-27(15-18-6-5-9-22(13-18)34-3)17-28(25(33)32(2)26(30)31-28)23-14-21(10-11-24(23)35-27)20-8-4-7-19(12-20)16-29/h4-14H,15,17H2,1-3H3,(H2,30,31). The molecule has 0 saturated carbocycles. The van der Waals surface area contributed by atoms with E-state index in [0.29, 0.717) is 29.7 Å². The van der Waals surface area contributed by atoms with Gasteiger partial charge in [0.15, 0.2) is 11.5 Å². The van der Waals surface area contributed by atoms with E-state index in [1.165, 1.54) is 4.90 Å². The molecule has 1 spiro atoms. The van der Waals surface area contributed by atoms with E-state index in [0.717, 1.165) is 22.4 Å². The summed E-state index contributed by atoms with van der Waals surface area (Å²) in [6.45, 7) is 2.00. The number of hydrogen-bond donors (Lipinski definition) is 1. The van der Waals surface area contributed by atoms with Gasteiger partial charge in [-0.05, 0) is 60.0 Å². The number of fused-ring (bicyclic) bond motifs is 2. The number of nitrogens with two attached hydrogens (primary N) is 1. The Morgan fingerprint density at radius 1 is 1.14 bits per heavy atom. The van der Waals surface area contributed by atoms with Gasteiger partial charge in [0.05, 0.1) is 18.7 Å². The number of nitrogens with zero attached hydrogens (tertiary/aromatic N) is 3. The van der Waals surface area contributed by atoms with E-state index in [4.69, 9.17) is 20.2 Å². The van der Waals surface area contributed by atoms with Gasteiger partial charge in [0.2, 0.25) is 0 Å². The van der Waals surface area contributed by atoms with Gasteiger partial charge in [-0.1, -0.05) is 30.3 Å². The number of carbonyl (C=O) groups excluding carboxylic acids is 1. The van der Waals surface area contributed by atoms with Gasteiger partial charge >= 0.3 is 0 Å². The van der Waals surface area contributed by atoms with Crippen LogP contribution in [0.15, 0.2) is 71.7 Å². The molecule has 2 heterocycles. The maximum atomic E-state index is 13.7. The molecule has 2 atom stereocenters. The van der Waals surface area contributed by atoms with Gasteiger partial charge in [-0.25, -0.2) is 4.99 Å². The van der Waals surface area contributed by atoms with E-state index >= 15 is 0 Å². The Balaban J connectivity index is 1.62. The van der Waals surface area contributed by atoms with Gasteiger partial charge < -0.3 is 15.2 Å². The van der Waals surface area contributed by atoms with Crippen LogP contribution in [-0.2, 0) is 16.8 Å². The highest BCUT2D eigenvalue weighted by molar-refractivity contribution is 6.07. The van der Waals surface area contributed by atoms with Crippen LogP contribution >= 0.6 is 0 Å². The Labute approximate surface area is 204 Å². The zero-order valence-corrected chi connectivity index (χ0v) is 19.9. The molecule has 2 aliphatic rings. The summed E-state index contributed by atoms with van der Waals surface area (Å²) < 4.78 is 11.9. The van der Waals surface area contributed by atoms with Gasteiger partial charge in [0, 0.05) is 25.5 Å². The molecule has 3 aromatic rings. The maximum Gasteiger partial charge on any atom is 0.261 e. The number of nitriles is 1. The molecule has 0 aliphatic carbocycles. The average molecular weight is 467 g/mol. The third-order valence-corrected chi connectivity index (χ3v) is 6.76. The number of aliphatic imine (C=N–C) groups is 1. The molecule has 35 heavy (non-hydrogen) atoms. The predicted molar refractivity (Wildman–Crippen MR) is 133 cm³/mol. The fraction of sp³-hybridized carbons (Fsp3) is 0.250. The number of rotatable bonds is 4. The first kappa shape index (κ1) is 22.5. The van der Waals surface area contributed by atoms with Crippen molar-refractivity contribution in [3.8, 4) is 28.7 Å². The molecule has 3 aromatic carbocycles. The molecule has 1 amide bonds. The number of methoxy groups -OCH3 is 1. The number of guanidine groups is 1. The molecule has 2 N–H and O–H groups in total. The summed E-state index contributed by atoms with van der Waals surface area (Å²) in [5.74, 6) is 1.37. The van der Waals surface area contributed by atoms with Crippen molar-refractivity contribution in [1.82, 2.24) is 4.90 Å². The fourth-order valence-electron chi connectivity index (χ4n) is 5.13. The topological polar surface area (TPSA) is 101 Å². The smallest absolute Gasteiger partial charge is 0.261 e. The van der Waals surface area contributed by atoms with E-state index in [1.807, 2.05) is 67.6 Å². The zero-order valence-electron chi connectivity index (χ0n) is 19.9. The van der Waals surface area contributed by atoms with Crippen LogP contribution in [0.5, 0.6) is 11.5 Å². The van der Waals surface area contributed by atoms with Crippen molar-refractivity contribution in [1.29, 1.82) is 5.26 Å². The first-order chi connectivity index (χ1) is 16.8. The van der Waals surface area contributed by atoms with E-state index < -0.39 is 11.1 Å². The molecule has 0 radical (unpaired) electrons. The number of benzene rings is 3. The second kappa shape index (κ2) is 8.17. The Hall–Kier alpha value is -4.31. The molecular weight excluding hydrogens is 440 g/mol. The minimum absolute atomic E-state index is 0.181. The Morgan fingerprint density at radius 2 is 1.91 bits per heavy atom. The predicted octanol–water partition coefficient (Wildman–Crippen LogP) is 4.00. The largest absolute Gasteiger partial charge is 0.497 e. The third-order valence-electron chi connectivity index (χ3n) is 6.76. The van der Waals surface area contributed by atoms with Crippen molar-refractivity contribution in [3.63, 3.8) is 0 Å². The zero-order chi connectivity index (χ0) is 24.8. The van der Waals surface area contributed by atoms with Crippen LogP contribution in [0.3, 0.4) is 0 Å². The summed E-state index contributed by atoms with van der Waals surface area (Å²) in [7, 11) is 3.28. The van der Waals surface area contributed by atoms with E-state index in [1.54, 1.807) is 20.2 Å². The van der Waals surface area contributed by atoms with Crippen LogP contribution in [0.25, 0.3) is 11.1 Å². The monoisotopic (exact) mass is 466 g/mol. The molecule has 5 rings (SSSR count). The lowest BCUT2D eigenvalue weighted by atomic mass is 9.74. The van der Waals surface area contributed by atoms with Gasteiger partial charge in [-0.3, -0.25) is 9.69 Å². The number of ether oxygens (including phenoxy) is 2. The van der Waals surface area contributed by atoms with Crippen molar-refractivity contribution in [2.75, 3.05) is 14.2 Å².